The van der Waals surface area contributed by atoms with Crippen LogP contribution in [0.2, 0.25) is 5.02 Å². The third kappa shape index (κ3) is 2.94. The smallest absolute Gasteiger partial charge is 0.141 e. The van der Waals surface area contributed by atoms with Crippen molar-refractivity contribution in [1.82, 2.24) is 10.2 Å². The lowest BCUT2D eigenvalue weighted by molar-refractivity contribution is 0.397. The second kappa shape index (κ2) is 5.13. The summed E-state index contributed by atoms with van der Waals surface area (Å²) in [6, 6.07) is 5.41. The topological polar surface area (TPSA) is 15.3 Å². The molecular formula is C12H16ClFN2. The predicted octanol–water partition coefficient (Wildman–Crippen LogP) is 2.27. The summed E-state index contributed by atoms with van der Waals surface area (Å²) in [7, 11) is 2.12. The Kier molecular flexibility index (Phi) is 3.79. The van der Waals surface area contributed by atoms with Gasteiger partial charge in [0.1, 0.15) is 5.82 Å². The standard InChI is InChI=1S/C12H16ClFN2/c1-16-5-4-10(8-16)15-7-9-2-3-12(14)11(13)6-9/h2-3,6,10,15H,4-5,7-8H2,1H3. The highest BCUT2D eigenvalue weighted by molar-refractivity contribution is 6.30. The minimum Gasteiger partial charge on any atom is -0.309 e. The molecule has 1 atom stereocenters. The molecule has 4 heteroatoms. The van der Waals surface area contributed by atoms with E-state index in [0.717, 1.165) is 25.2 Å². The number of halogens is 2. The van der Waals surface area contributed by atoms with Crippen LogP contribution in [0, 0.1) is 5.82 Å². The number of rotatable bonds is 3. The number of hydrogen-bond acceptors (Lipinski definition) is 2. The van der Waals surface area contributed by atoms with Gasteiger partial charge in [0.25, 0.3) is 0 Å². The van der Waals surface area contributed by atoms with Gasteiger partial charge in [-0.15, -0.1) is 0 Å². The van der Waals surface area contributed by atoms with Gasteiger partial charge >= 0.3 is 0 Å². The molecule has 0 aliphatic carbocycles. The number of likely N-dealkylation sites (N-methyl/N-ethyl adjacent to an activating group) is 1. The molecule has 1 aliphatic heterocycles. The molecule has 1 saturated heterocycles. The third-order valence-electron chi connectivity index (χ3n) is 2.97. The van der Waals surface area contributed by atoms with E-state index < -0.39 is 0 Å². The van der Waals surface area contributed by atoms with Crippen molar-refractivity contribution in [3.63, 3.8) is 0 Å². The van der Waals surface area contributed by atoms with Crippen molar-refractivity contribution in [3.8, 4) is 0 Å². The van der Waals surface area contributed by atoms with E-state index in [1.165, 1.54) is 12.5 Å². The summed E-state index contributed by atoms with van der Waals surface area (Å²) in [6.07, 6.45) is 1.17. The maximum absolute atomic E-state index is 12.9. The van der Waals surface area contributed by atoms with E-state index in [4.69, 9.17) is 11.6 Å². The first-order chi connectivity index (χ1) is 7.65. The van der Waals surface area contributed by atoms with E-state index in [1.54, 1.807) is 12.1 Å². The maximum Gasteiger partial charge on any atom is 0.141 e. The Morgan fingerprint density at radius 2 is 2.38 bits per heavy atom. The first-order valence-corrected chi connectivity index (χ1v) is 5.89. The monoisotopic (exact) mass is 242 g/mol. The Balaban J connectivity index is 1.87. The van der Waals surface area contributed by atoms with Gasteiger partial charge in [0.2, 0.25) is 0 Å². The Morgan fingerprint density at radius 1 is 1.56 bits per heavy atom. The number of hydrogen-bond donors (Lipinski definition) is 1. The lowest BCUT2D eigenvalue weighted by Gasteiger charge is -2.12. The van der Waals surface area contributed by atoms with E-state index in [-0.39, 0.29) is 10.8 Å². The van der Waals surface area contributed by atoms with Crippen LogP contribution in [0.15, 0.2) is 18.2 Å². The van der Waals surface area contributed by atoms with Crippen molar-refractivity contribution in [1.29, 1.82) is 0 Å². The van der Waals surface area contributed by atoms with Gasteiger partial charge in [-0.25, -0.2) is 4.39 Å². The van der Waals surface area contributed by atoms with Gasteiger partial charge in [-0.2, -0.15) is 0 Å². The first-order valence-electron chi connectivity index (χ1n) is 5.51. The molecule has 0 bridgehead atoms. The van der Waals surface area contributed by atoms with E-state index in [9.17, 15) is 4.39 Å². The van der Waals surface area contributed by atoms with Gasteiger partial charge < -0.3 is 10.2 Å². The molecular weight excluding hydrogens is 227 g/mol. The molecule has 0 saturated carbocycles. The fourth-order valence-corrected chi connectivity index (χ4v) is 2.22. The highest BCUT2D eigenvalue weighted by Gasteiger charge is 2.18. The molecule has 0 amide bonds. The average Bonchev–Trinajstić information content (AvgIpc) is 2.66. The van der Waals surface area contributed by atoms with Crippen molar-refractivity contribution >= 4 is 11.6 Å². The van der Waals surface area contributed by atoms with Crippen LogP contribution in [0.4, 0.5) is 4.39 Å². The van der Waals surface area contributed by atoms with Crippen molar-refractivity contribution < 1.29 is 4.39 Å². The molecule has 1 aromatic rings. The van der Waals surface area contributed by atoms with Crippen LogP contribution in [0.5, 0.6) is 0 Å². The summed E-state index contributed by atoms with van der Waals surface area (Å²) >= 11 is 5.72. The van der Waals surface area contributed by atoms with Gasteiger partial charge in [-0.3, -0.25) is 0 Å². The lowest BCUT2D eigenvalue weighted by atomic mass is 10.2. The highest BCUT2D eigenvalue weighted by atomic mass is 35.5. The van der Waals surface area contributed by atoms with Crippen molar-refractivity contribution in [2.75, 3.05) is 20.1 Å². The zero-order valence-corrected chi connectivity index (χ0v) is 10.1. The van der Waals surface area contributed by atoms with Crippen LogP contribution >= 0.6 is 11.6 Å². The van der Waals surface area contributed by atoms with Crippen LogP contribution in [-0.4, -0.2) is 31.1 Å². The van der Waals surface area contributed by atoms with E-state index in [0.29, 0.717) is 6.04 Å². The molecule has 0 spiro atoms. The second-order valence-corrected chi connectivity index (χ2v) is 4.78. The number of nitrogens with one attached hydrogen (secondary N) is 1. The third-order valence-corrected chi connectivity index (χ3v) is 3.26. The molecule has 0 aromatic heterocycles. The summed E-state index contributed by atoms with van der Waals surface area (Å²) in [4.78, 5) is 2.30. The fraction of sp³-hybridized carbons (Fsp3) is 0.500. The molecule has 1 aliphatic rings. The molecule has 88 valence electrons. The second-order valence-electron chi connectivity index (χ2n) is 4.38. The van der Waals surface area contributed by atoms with Crippen molar-refractivity contribution in [3.05, 3.63) is 34.6 Å². The van der Waals surface area contributed by atoms with Crippen LogP contribution in [0.3, 0.4) is 0 Å². The summed E-state index contributed by atoms with van der Waals surface area (Å²) in [6.45, 7) is 2.97. The van der Waals surface area contributed by atoms with E-state index in [2.05, 4.69) is 17.3 Å². The Hall–Kier alpha value is -0.640. The predicted molar refractivity (Wildman–Crippen MR) is 64.2 cm³/mol. The molecule has 2 nitrogen and oxygen atoms in total. The maximum atomic E-state index is 12.9. The SMILES string of the molecule is CN1CCC(NCc2ccc(F)c(Cl)c2)C1. The van der Waals surface area contributed by atoms with Gasteiger partial charge in [0.15, 0.2) is 0 Å². The van der Waals surface area contributed by atoms with Crippen LogP contribution < -0.4 is 5.32 Å². The van der Waals surface area contributed by atoms with Gasteiger partial charge in [-0.05, 0) is 37.7 Å². The molecule has 1 N–H and O–H groups in total. The van der Waals surface area contributed by atoms with E-state index >= 15 is 0 Å². The minimum atomic E-state index is -0.356. The quantitative estimate of drug-likeness (QED) is 0.875. The number of nitrogens with zero attached hydrogens (tertiary/aromatic N) is 1. The Morgan fingerprint density at radius 3 is 3.00 bits per heavy atom. The summed E-state index contributed by atoms with van der Waals surface area (Å²) in [5, 5.41) is 3.65. The van der Waals surface area contributed by atoms with Crippen LogP contribution in [0.1, 0.15) is 12.0 Å². The van der Waals surface area contributed by atoms with Gasteiger partial charge in [0.05, 0.1) is 5.02 Å². The number of benzene rings is 1. The van der Waals surface area contributed by atoms with Crippen LogP contribution in [0.25, 0.3) is 0 Å². The minimum absolute atomic E-state index is 0.197. The molecule has 1 fully saturated rings. The molecule has 1 heterocycles. The van der Waals surface area contributed by atoms with Crippen molar-refractivity contribution in [2.45, 2.75) is 19.0 Å². The lowest BCUT2D eigenvalue weighted by Crippen LogP contribution is -2.30. The molecule has 1 unspecified atom stereocenters. The molecule has 0 radical (unpaired) electrons. The number of likely N-dealkylation sites (tertiary alicyclic amines) is 1. The Labute approximate surface area is 100 Å². The fourth-order valence-electron chi connectivity index (χ4n) is 2.01. The molecule has 16 heavy (non-hydrogen) atoms. The van der Waals surface area contributed by atoms with Crippen LogP contribution in [-0.2, 0) is 6.54 Å². The molecule has 2 rings (SSSR count). The van der Waals surface area contributed by atoms with Crippen molar-refractivity contribution in [2.24, 2.45) is 0 Å². The zero-order chi connectivity index (χ0) is 11.5. The van der Waals surface area contributed by atoms with Gasteiger partial charge in [-0.1, -0.05) is 17.7 Å². The summed E-state index contributed by atoms with van der Waals surface area (Å²) in [5.41, 5.74) is 1.03. The average molecular weight is 243 g/mol. The molecule has 1 aromatic carbocycles. The van der Waals surface area contributed by atoms with Gasteiger partial charge in [0, 0.05) is 19.1 Å². The normalized spacial score (nSPS) is 21.6. The largest absolute Gasteiger partial charge is 0.309 e. The zero-order valence-electron chi connectivity index (χ0n) is 9.34. The summed E-state index contributed by atoms with van der Waals surface area (Å²) in [5.74, 6) is -0.356. The Bertz CT molecular complexity index is 370. The highest BCUT2D eigenvalue weighted by Crippen LogP contribution is 2.16. The van der Waals surface area contributed by atoms with E-state index in [1.807, 2.05) is 0 Å². The summed E-state index contributed by atoms with van der Waals surface area (Å²) < 4.78 is 12.9. The first kappa shape index (κ1) is 11.8.